The molecule has 0 saturated carbocycles. The maximum absolute atomic E-state index is 5.73. The van der Waals surface area contributed by atoms with Gasteiger partial charge in [-0.15, -0.1) is 0 Å². The highest BCUT2D eigenvalue weighted by Gasteiger charge is 2.01. The van der Waals surface area contributed by atoms with Gasteiger partial charge in [0.05, 0.1) is 11.2 Å². The van der Waals surface area contributed by atoms with Crippen LogP contribution in [0.25, 0.3) is 10.9 Å². The number of aliphatic imine (C=N–C) groups is 1. The molecule has 0 spiro atoms. The summed E-state index contributed by atoms with van der Waals surface area (Å²) >= 11 is 0. The summed E-state index contributed by atoms with van der Waals surface area (Å²) in [6, 6.07) is 9.77. The van der Waals surface area contributed by atoms with Gasteiger partial charge in [-0.05, 0) is 31.2 Å². The van der Waals surface area contributed by atoms with Gasteiger partial charge >= 0.3 is 0 Å². The quantitative estimate of drug-likeness (QED) is 0.593. The van der Waals surface area contributed by atoms with Crippen LogP contribution in [0.4, 0.5) is 5.69 Å². The number of rotatable bonds is 2. The number of aromatic nitrogens is 1. The molecule has 0 atom stereocenters. The first kappa shape index (κ1) is 10.4. The zero-order valence-electron chi connectivity index (χ0n) is 9.14. The Morgan fingerprint density at radius 2 is 2.25 bits per heavy atom. The smallest absolute Gasteiger partial charge is 0.193 e. The normalized spacial score (nSPS) is 11.7. The lowest BCUT2D eigenvalue weighted by Gasteiger charge is -2.08. The first-order chi connectivity index (χ1) is 7.81. The third kappa shape index (κ3) is 2.11. The molecule has 1 heterocycles. The first-order valence-electron chi connectivity index (χ1n) is 5.22. The summed E-state index contributed by atoms with van der Waals surface area (Å²) in [7, 11) is 0. The molecule has 0 radical (unpaired) electrons. The zero-order valence-corrected chi connectivity index (χ0v) is 9.14. The van der Waals surface area contributed by atoms with Gasteiger partial charge in [-0.25, -0.2) is 0 Å². The highest BCUT2D eigenvalue weighted by molar-refractivity contribution is 6.01. The highest BCUT2D eigenvalue weighted by Crippen LogP contribution is 2.20. The molecule has 2 aromatic rings. The van der Waals surface area contributed by atoms with Crippen LogP contribution in [-0.2, 0) is 0 Å². The number of guanidine groups is 1. The van der Waals surface area contributed by atoms with Crippen LogP contribution in [0, 0.1) is 0 Å². The minimum absolute atomic E-state index is 0.429. The van der Waals surface area contributed by atoms with Gasteiger partial charge in [0.2, 0.25) is 0 Å². The summed E-state index contributed by atoms with van der Waals surface area (Å²) in [6.45, 7) is 2.61. The Bertz CT molecular complexity index is 514. The van der Waals surface area contributed by atoms with E-state index in [-0.39, 0.29) is 0 Å². The molecule has 0 bridgehead atoms. The fraction of sp³-hybridized carbons (Fsp3) is 0.167. The minimum Gasteiger partial charge on any atom is -0.370 e. The lowest BCUT2D eigenvalue weighted by molar-refractivity contribution is 1.12. The predicted octanol–water partition coefficient (Wildman–Crippen LogP) is 1.98. The molecule has 0 aliphatic rings. The first-order valence-corrected chi connectivity index (χ1v) is 5.22. The van der Waals surface area contributed by atoms with Crippen molar-refractivity contribution in [2.75, 3.05) is 11.9 Å². The van der Waals surface area contributed by atoms with Crippen molar-refractivity contribution in [3.05, 3.63) is 36.5 Å². The summed E-state index contributed by atoms with van der Waals surface area (Å²) in [6.07, 6.45) is 1.77. The Labute approximate surface area is 94.2 Å². The van der Waals surface area contributed by atoms with E-state index in [4.69, 9.17) is 5.73 Å². The van der Waals surface area contributed by atoms with Crippen molar-refractivity contribution in [2.45, 2.75) is 6.92 Å². The average Bonchev–Trinajstić information content (AvgIpc) is 2.30. The molecule has 82 valence electrons. The molecule has 0 amide bonds. The number of anilines is 1. The molecule has 4 nitrogen and oxygen atoms in total. The lowest BCUT2D eigenvalue weighted by Crippen LogP contribution is -2.22. The van der Waals surface area contributed by atoms with E-state index in [0.717, 1.165) is 16.6 Å². The largest absolute Gasteiger partial charge is 0.370 e. The van der Waals surface area contributed by atoms with E-state index < -0.39 is 0 Å². The summed E-state index contributed by atoms with van der Waals surface area (Å²) in [5, 5.41) is 4.11. The minimum atomic E-state index is 0.429. The molecular weight excluding hydrogens is 200 g/mol. The van der Waals surface area contributed by atoms with E-state index >= 15 is 0 Å². The van der Waals surface area contributed by atoms with Crippen molar-refractivity contribution in [2.24, 2.45) is 10.7 Å². The fourth-order valence-electron chi connectivity index (χ4n) is 1.56. The molecule has 0 unspecified atom stereocenters. The van der Waals surface area contributed by atoms with Crippen molar-refractivity contribution in [3.8, 4) is 0 Å². The monoisotopic (exact) mass is 214 g/mol. The molecular formula is C12H14N4. The molecule has 0 aliphatic carbocycles. The van der Waals surface area contributed by atoms with Crippen LogP contribution in [0.1, 0.15) is 6.92 Å². The van der Waals surface area contributed by atoms with Crippen molar-refractivity contribution >= 4 is 22.5 Å². The molecule has 0 fully saturated rings. The molecule has 3 N–H and O–H groups in total. The number of hydrogen-bond acceptors (Lipinski definition) is 2. The van der Waals surface area contributed by atoms with Crippen molar-refractivity contribution in [1.82, 2.24) is 4.98 Å². The number of pyridine rings is 1. The van der Waals surface area contributed by atoms with Gasteiger partial charge in [-0.3, -0.25) is 9.98 Å². The lowest BCUT2D eigenvalue weighted by atomic mass is 10.2. The molecule has 16 heavy (non-hydrogen) atoms. The van der Waals surface area contributed by atoms with Crippen molar-refractivity contribution < 1.29 is 0 Å². The molecule has 1 aromatic heterocycles. The Hall–Kier alpha value is -2.10. The van der Waals surface area contributed by atoms with Gasteiger partial charge in [-0.1, -0.05) is 6.07 Å². The Balaban J connectivity index is 2.41. The van der Waals surface area contributed by atoms with E-state index in [2.05, 4.69) is 15.3 Å². The van der Waals surface area contributed by atoms with Crippen LogP contribution >= 0.6 is 0 Å². The van der Waals surface area contributed by atoms with Gasteiger partial charge in [0.1, 0.15) is 0 Å². The summed E-state index contributed by atoms with van der Waals surface area (Å²) < 4.78 is 0. The third-order valence-electron chi connectivity index (χ3n) is 2.24. The SMILES string of the molecule is CCN=C(N)Nc1cccc2ncccc12. The standard InChI is InChI=1S/C12H14N4/c1-2-14-12(13)16-11-7-3-6-10-9(11)5-4-8-15-10/h3-8H,2H2,1H3,(H3,13,14,16). The maximum Gasteiger partial charge on any atom is 0.193 e. The van der Waals surface area contributed by atoms with Gasteiger partial charge in [-0.2, -0.15) is 0 Å². The van der Waals surface area contributed by atoms with Crippen molar-refractivity contribution in [3.63, 3.8) is 0 Å². The second-order valence-electron chi connectivity index (χ2n) is 3.36. The summed E-state index contributed by atoms with van der Waals surface area (Å²) in [5.41, 5.74) is 7.60. The number of nitrogens with two attached hydrogens (primary N) is 1. The van der Waals surface area contributed by atoms with Crippen LogP contribution in [0.5, 0.6) is 0 Å². The van der Waals surface area contributed by atoms with E-state index in [9.17, 15) is 0 Å². The number of nitrogens with zero attached hydrogens (tertiary/aromatic N) is 2. The summed E-state index contributed by atoms with van der Waals surface area (Å²) in [5.74, 6) is 0.429. The van der Waals surface area contributed by atoms with E-state index in [0.29, 0.717) is 12.5 Å². The fourth-order valence-corrected chi connectivity index (χ4v) is 1.56. The second-order valence-corrected chi connectivity index (χ2v) is 3.36. The zero-order chi connectivity index (χ0) is 11.4. The van der Waals surface area contributed by atoms with Gasteiger partial charge in [0.25, 0.3) is 0 Å². The van der Waals surface area contributed by atoms with Crippen molar-refractivity contribution in [1.29, 1.82) is 0 Å². The highest BCUT2D eigenvalue weighted by atomic mass is 15.1. The number of benzene rings is 1. The van der Waals surface area contributed by atoms with Crippen LogP contribution in [-0.4, -0.2) is 17.5 Å². The van der Waals surface area contributed by atoms with E-state index in [1.807, 2.05) is 37.3 Å². The van der Waals surface area contributed by atoms with E-state index in [1.54, 1.807) is 6.20 Å². The van der Waals surface area contributed by atoms with Crippen LogP contribution < -0.4 is 11.1 Å². The van der Waals surface area contributed by atoms with Crippen LogP contribution in [0.3, 0.4) is 0 Å². The van der Waals surface area contributed by atoms with E-state index in [1.165, 1.54) is 0 Å². The number of hydrogen-bond donors (Lipinski definition) is 2. The number of fused-ring (bicyclic) bond motifs is 1. The molecule has 2 rings (SSSR count). The number of nitrogens with one attached hydrogen (secondary N) is 1. The topological polar surface area (TPSA) is 63.3 Å². The van der Waals surface area contributed by atoms with Gasteiger partial charge < -0.3 is 11.1 Å². The predicted molar refractivity (Wildman–Crippen MR) is 67.5 cm³/mol. The van der Waals surface area contributed by atoms with Gasteiger partial charge in [0, 0.05) is 18.1 Å². The molecule has 0 saturated heterocycles. The Kier molecular flexibility index (Phi) is 3.00. The molecule has 4 heteroatoms. The Morgan fingerprint density at radius 3 is 3.06 bits per heavy atom. The summed E-state index contributed by atoms with van der Waals surface area (Å²) in [4.78, 5) is 8.36. The maximum atomic E-state index is 5.73. The van der Waals surface area contributed by atoms with Crippen LogP contribution in [0.15, 0.2) is 41.5 Å². The second kappa shape index (κ2) is 4.61. The third-order valence-corrected chi connectivity index (χ3v) is 2.24. The molecule has 0 aliphatic heterocycles. The Morgan fingerprint density at radius 1 is 1.38 bits per heavy atom. The average molecular weight is 214 g/mol. The van der Waals surface area contributed by atoms with Gasteiger partial charge in [0.15, 0.2) is 5.96 Å². The van der Waals surface area contributed by atoms with Crippen LogP contribution in [0.2, 0.25) is 0 Å². The molecule has 1 aromatic carbocycles.